The second-order valence-electron chi connectivity index (χ2n) is 8.37. The molecule has 1 aromatic carbocycles. The second-order valence-corrected chi connectivity index (χ2v) is 8.37. The van der Waals surface area contributed by atoms with E-state index in [9.17, 15) is 4.79 Å². The van der Waals surface area contributed by atoms with E-state index in [1.54, 1.807) is 55.6 Å². The lowest BCUT2D eigenvalue weighted by Gasteiger charge is -2.12. The lowest BCUT2D eigenvalue weighted by Crippen LogP contribution is -2.17. The number of amides is 1. The lowest BCUT2D eigenvalue weighted by atomic mass is 10.2. The summed E-state index contributed by atoms with van der Waals surface area (Å²) in [6.45, 7) is 4.03. The van der Waals surface area contributed by atoms with Gasteiger partial charge in [-0.3, -0.25) is 14.5 Å². The van der Waals surface area contributed by atoms with Crippen molar-refractivity contribution in [2.24, 2.45) is 0 Å². The molecule has 37 heavy (non-hydrogen) atoms. The van der Waals surface area contributed by atoms with E-state index >= 15 is 0 Å². The first-order chi connectivity index (χ1) is 18.1. The van der Waals surface area contributed by atoms with Crippen LogP contribution in [-0.4, -0.2) is 59.6 Å². The number of hydrogen-bond acceptors (Lipinski definition) is 9. The standard InChI is InChI=1S/C26H28N6O5/c1-4-36-23-15-32(16-7-9-27-13-16)31-25(23)26(33)30-24-6-5-17(14-29-24)37-20-8-10-28-19-12-22(35-3)21(34-2)11-18(19)20/h5-6,8,10-12,14-16,27H,4,7,9,13H2,1-3H3,(H,29,30,33). The monoisotopic (exact) mass is 504 g/mol. The van der Waals surface area contributed by atoms with Crippen LogP contribution in [0.3, 0.4) is 0 Å². The van der Waals surface area contributed by atoms with Gasteiger partial charge in [0.05, 0.1) is 44.8 Å². The Balaban J connectivity index is 1.32. The van der Waals surface area contributed by atoms with Crippen LogP contribution >= 0.6 is 0 Å². The van der Waals surface area contributed by atoms with E-state index in [0.717, 1.165) is 24.9 Å². The molecule has 11 nitrogen and oxygen atoms in total. The van der Waals surface area contributed by atoms with Gasteiger partial charge in [-0.25, -0.2) is 4.98 Å². The van der Waals surface area contributed by atoms with Crippen molar-refractivity contribution in [3.05, 3.63) is 54.6 Å². The van der Waals surface area contributed by atoms with Crippen molar-refractivity contribution in [3.8, 4) is 28.7 Å². The van der Waals surface area contributed by atoms with Crippen molar-refractivity contribution in [1.29, 1.82) is 0 Å². The molecule has 0 radical (unpaired) electrons. The van der Waals surface area contributed by atoms with Crippen LogP contribution in [0.25, 0.3) is 10.9 Å². The highest BCUT2D eigenvalue weighted by Gasteiger charge is 2.24. The summed E-state index contributed by atoms with van der Waals surface area (Å²) in [5.74, 6) is 2.65. The molecule has 1 fully saturated rings. The molecule has 5 rings (SSSR count). The molecule has 0 saturated carbocycles. The first-order valence-electron chi connectivity index (χ1n) is 12.0. The summed E-state index contributed by atoms with van der Waals surface area (Å²) in [6, 6.07) is 8.95. The second kappa shape index (κ2) is 10.7. The minimum absolute atomic E-state index is 0.195. The number of rotatable bonds is 9. The fourth-order valence-electron chi connectivity index (χ4n) is 4.20. The molecule has 0 spiro atoms. The molecule has 1 amide bonds. The van der Waals surface area contributed by atoms with Gasteiger partial charge in [-0.05, 0) is 44.2 Å². The van der Waals surface area contributed by atoms with Gasteiger partial charge in [-0.2, -0.15) is 5.10 Å². The van der Waals surface area contributed by atoms with Crippen molar-refractivity contribution in [2.45, 2.75) is 19.4 Å². The predicted octanol–water partition coefficient (Wildman–Crippen LogP) is 3.82. The number of hydrogen-bond donors (Lipinski definition) is 2. The van der Waals surface area contributed by atoms with E-state index in [4.69, 9.17) is 18.9 Å². The fourth-order valence-corrected chi connectivity index (χ4v) is 4.20. The largest absolute Gasteiger partial charge is 0.493 e. The van der Waals surface area contributed by atoms with Crippen LogP contribution in [0.4, 0.5) is 5.82 Å². The summed E-state index contributed by atoms with van der Waals surface area (Å²) >= 11 is 0. The first-order valence-corrected chi connectivity index (χ1v) is 12.0. The fraction of sp³-hybridized carbons (Fsp3) is 0.308. The Morgan fingerprint density at radius 1 is 1.11 bits per heavy atom. The van der Waals surface area contributed by atoms with Gasteiger partial charge in [0.15, 0.2) is 22.9 Å². The molecule has 192 valence electrons. The molecule has 2 N–H and O–H groups in total. The minimum atomic E-state index is -0.393. The first kappa shape index (κ1) is 24.3. The molecule has 1 aliphatic rings. The number of pyridine rings is 2. The number of carbonyl (C=O) groups excluding carboxylic acids is 1. The van der Waals surface area contributed by atoms with E-state index in [-0.39, 0.29) is 11.7 Å². The zero-order valence-corrected chi connectivity index (χ0v) is 20.9. The van der Waals surface area contributed by atoms with Gasteiger partial charge >= 0.3 is 0 Å². The summed E-state index contributed by atoms with van der Waals surface area (Å²) < 4.78 is 24.3. The van der Waals surface area contributed by atoms with Crippen molar-refractivity contribution >= 4 is 22.6 Å². The van der Waals surface area contributed by atoms with Gasteiger partial charge in [0, 0.05) is 24.2 Å². The third kappa shape index (κ3) is 5.12. The van der Waals surface area contributed by atoms with Crippen LogP contribution in [0.1, 0.15) is 29.9 Å². The molecule has 4 aromatic rings. The van der Waals surface area contributed by atoms with Gasteiger partial charge in [0.2, 0.25) is 0 Å². The van der Waals surface area contributed by atoms with E-state index in [1.807, 2.05) is 13.0 Å². The van der Waals surface area contributed by atoms with Gasteiger partial charge < -0.3 is 29.6 Å². The van der Waals surface area contributed by atoms with E-state index in [1.165, 1.54) is 6.20 Å². The maximum atomic E-state index is 13.0. The van der Waals surface area contributed by atoms with Crippen molar-refractivity contribution in [2.75, 3.05) is 39.2 Å². The number of nitrogens with one attached hydrogen (secondary N) is 2. The molecule has 1 unspecified atom stereocenters. The zero-order valence-electron chi connectivity index (χ0n) is 20.9. The Kier molecular flexibility index (Phi) is 7.04. The summed E-state index contributed by atoms with van der Waals surface area (Å²) in [7, 11) is 3.15. The van der Waals surface area contributed by atoms with Gasteiger partial charge in [-0.15, -0.1) is 0 Å². The maximum absolute atomic E-state index is 13.0. The van der Waals surface area contributed by atoms with E-state index in [0.29, 0.717) is 46.7 Å². The number of benzene rings is 1. The molecular weight excluding hydrogens is 476 g/mol. The number of aromatic nitrogens is 4. The number of nitrogens with zero attached hydrogens (tertiary/aromatic N) is 4. The maximum Gasteiger partial charge on any atom is 0.281 e. The SMILES string of the molecule is CCOc1cn(C2CCNC2)nc1C(=O)Nc1ccc(Oc2ccnc3cc(OC)c(OC)cc23)cn1. The highest BCUT2D eigenvalue weighted by molar-refractivity contribution is 6.04. The van der Waals surface area contributed by atoms with Crippen LogP contribution in [0.5, 0.6) is 28.7 Å². The highest BCUT2D eigenvalue weighted by Crippen LogP contribution is 2.36. The van der Waals surface area contributed by atoms with Crippen LogP contribution < -0.4 is 29.6 Å². The number of ether oxygens (including phenoxy) is 4. The lowest BCUT2D eigenvalue weighted by molar-refractivity contribution is 0.101. The van der Waals surface area contributed by atoms with Crippen LogP contribution in [0.2, 0.25) is 0 Å². The molecule has 0 aliphatic carbocycles. The molecule has 0 bridgehead atoms. The summed E-state index contributed by atoms with van der Waals surface area (Å²) in [5.41, 5.74) is 0.924. The number of fused-ring (bicyclic) bond motifs is 1. The number of methoxy groups -OCH3 is 2. The van der Waals surface area contributed by atoms with Crippen molar-refractivity contribution < 1.29 is 23.7 Å². The van der Waals surface area contributed by atoms with Crippen LogP contribution in [0, 0.1) is 0 Å². The summed E-state index contributed by atoms with van der Waals surface area (Å²) in [4.78, 5) is 21.7. The Bertz CT molecular complexity index is 1400. The Hall–Kier alpha value is -4.38. The quantitative estimate of drug-likeness (QED) is 0.350. The van der Waals surface area contributed by atoms with E-state index < -0.39 is 5.91 Å². The third-order valence-electron chi connectivity index (χ3n) is 6.03. The smallest absolute Gasteiger partial charge is 0.281 e. The number of anilines is 1. The molecule has 1 atom stereocenters. The van der Waals surface area contributed by atoms with E-state index in [2.05, 4.69) is 25.7 Å². The van der Waals surface area contributed by atoms with Gasteiger partial charge in [0.1, 0.15) is 17.3 Å². The van der Waals surface area contributed by atoms with Gasteiger partial charge in [0.25, 0.3) is 5.91 Å². The minimum Gasteiger partial charge on any atom is -0.493 e. The molecular formula is C26H28N6O5. The van der Waals surface area contributed by atoms with Gasteiger partial charge in [-0.1, -0.05) is 0 Å². The average Bonchev–Trinajstić information content (AvgIpc) is 3.60. The number of carbonyl (C=O) groups is 1. The molecule has 1 aliphatic heterocycles. The van der Waals surface area contributed by atoms with Crippen LogP contribution in [0.15, 0.2) is 48.9 Å². The predicted molar refractivity (Wildman–Crippen MR) is 137 cm³/mol. The molecule has 1 saturated heterocycles. The Morgan fingerprint density at radius 2 is 1.95 bits per heavy atom. The highest BCUT2D eigenvalue weighted by atomic mass is 16.5. The van der Waals surface area contributed by atoms with Crippen molar-refractivity contribution in [1.82, 2.24) is 25.1 Å². The third-order valence-corrected chi connectivity index (χ3v) is 6.03. The normalized spacial score (nSPS) is 14.9. The Labute approximate surface area is 213 Å². The van der Waals surface area contributed by atoms with Crippen LogP contribution in [-0.2, 0) is 0 Å². The molecule has 11 heteroatoms. The zero-order chi connectivity index (χ0) is 25.8. The molecule has 4 heterocycles. The summed E-state index contributed by atoms with van der Waals surface area (Å²) in [5, 5.41) is 11.4. The average molecular weight is 505 g/mol. The van der Waals surface area contributed by atoms with Crippen molar-refractivity contribution in [3.63, 3.8) is 0 Å². The Morgan fingerprint density at radius 3 is 2.65 bits per heavy atom. The summed E-state index contributed by atoms with van der Waals surface area (Å²) in [6.07, 6.45) is 5.92. The topological polar surface area (TPSA) is 122 Å². The molecule has 3 aromatic heterocycles.